The Kier molecular flexibility index (Phi) is 5.38. The molecule has 1 amide bonds. The fraction of sp³-hybridized carbons (Fsp3) is 0.316. The second kappa shape index (κ2) is 7.70. The van der Waals surface area contributed by atoms with Gasteiger partial charge in [0, 0.05) is 11.1 Å². The minimum atomic E-state index is -0.0837. The van der Waals surface area contributed by atoms with Crippen LogP contribution in [0.25, 0.3) is 0 Å². The van der Waals surface area contributed by atoms with Crippen molar-refractivity contribution >= 4 is 17.7 Å². The van der Waals surface area contributed by atoms with Crippen molar-refractivity contribution in [2.45, 2.75) is 11.9 Å². The summed E-state index contributed by atoms with van der Waals surface area (Å²) in [5.74, 6) is 2.67. The zero-order valence-corrected chi connectivity index (χ0v) is 15.3. The van der Waals surface area contributed by atoms with Crippen molar-refractivity contribution in [1.82, 2.24) is 4.90 Å². The zero-order valence-electron chi connectivity index (χ0n) is 14.5. The number of hydrogen-bond donors (Lipinski definition) is 0. The van der Waals surface area contributed by atoms with Crippen molar-refractivity contribution in [3.8, 4) is 17.2 Å². The zero-order chi connectivity index (χ0) is 17.8. The third-order valence-corrected chi connectivity index (χ3v) is 5.44. The van der Waals surface area contributed by atoms with Crippen molar-refractivity contribution in [2.75, 3.05) is 27.1 Å². The van der Waals surface area contributed by atoms with Gasteiger partial charge in [-0.05, 0) is 12.1 Å². The summed E-state index contributed by atoms with van der Waals surface area (Å²) < 4.78 is 16.3. The molecule has 132 valence electrons. The van der Waals surface area contributed by atoms with E-state index in [0.29, 0.717) is 23.8 Å². The van der Waals surface area contributed by atoms with Gasteiger partial charge >= 0.3 is 0 Å². The molecular weight excluding hydrogens is 338 g/mol. The molecule has 1 fully saturated rings. The fourth-order valence-corrected chi connectivity index (χ4v) is 4.23. The fourth-order valence-electron chi connectivity index (χ4n) is 3.01. The summed E-state index contributed by atoms with van der Waals surface area (Å²) in [6.45, 7) is 0.453. The molecule has 0 bridgehead atoms. The van der Waals surface area contributed by atoms with E-state index in [2.05, 4.69) is 0 Å². The molecule has 0 radical (unpaired) electrons. The lowest BCUT2D eigenvalue weighted by molar-refractivity contribution is -0.128. The molecule has 0 N–H and O–H groups in total. The quantitative estimate of drug-likeness (QED) is 0.790. The van der Waals surface area contributed by atoms with Gasteiger partial charge in [0.25, 0.3) is 0 Å². The van der Waals surface area contributed by atoms with Crippen LogP contribution in [-0.4, -0.2) is 37.9 Å². The van der Waals surface area contributed by atoms with Crippen LogP contribution in [-0.2, 0) is 11.3 Å². The van der Waals surface area contributed by atoms with Crippen LogP contribution in [0.3, 0.4) is 0 Å². The Bertz CT molecular complexity index is 765. The standard InChI is InChI=1S/C19H21NO4S/c1-22-15-9-5-4-8-14(15)19-20(17(21)12-25-19)11-13-7-6-10-16(23-2)18(13)24-3/h4-10,19H,11-12H2,1-3H3. The first kappa shape index (κ1) is 17.5. The number of thioether (sulfide) groups is 1. The van der Waals surface area contributed by atoms with Crippen molar-refractivity contribution in [3.63, 3.8) is 0 Å². The molecule has 1 unspecified atom stereocenters. The molecule has 1 saturated heterocycles. The maximum Gasteiger partial charge on any atom is 0.234 e. The van der Waals surface area contributed by atoms with Crippen LogP contribution in [0.4, 0.5) is 0 Å². The summed E-state index contributed by atoms with van der Waals surface area (Å²) in [5, 5.41) is -0.0837. The van der Waals surface area contributed by atoms with Gasteiger partial charge in [0.15, 0.2) is 11.5 Å². The number of carbonyl (C=O) groups excluding carboxylic acids is 1. The number of rotatable bonds is 6. The lowest BCUT2D eigenvalue weighted by Crippen LogP contribution is -2.28. The molecule has 5 nitrogen and oxygen atoms in total. The first-order chi connectivity index (χ1) is 12.2. The maximum absolute atomic E-state index is 12.5. The van der Waals surface area contributed by atoms with Gasteiger partial charge in [0.05, 0.1) is 33.6 Å². The molecular formula is C19H21NO4S. The largest absolute Gasteiger partial charge is 0.496 e. The van der Waals surface area contributed by atoms with E-state index >= 15 is 0 Å². The highest BCUT2D eigenvalue weighted by atomic mass is 32.2. The lowest BCUT2D eigenvalue weighted by atomic mass is 10.1. The maximum atomic E-state index is 12.5. The van der Waals surface area contributed by atoms with E-state index in [0.717, 1.165) is 16.9 Å². The van der Waals surface area contributed by atoms with E-state index in [-0.39, 0.29) is 11.3 Å². The summed E-state index contributed by atoms with van der Waals surface area (Å²) in [4.78, 5) is 14.4. The van der Waals surface area contributed by atoms with Crippen molar-refractivity contribution < 1.29 is 19.0 Å². The van der Waals surface area contributed by atoms with E-state index in [1.54, 1.807) is 33.1 Å². The van der Waals surface area contributed by atoms with Crippen molar-refractivity contribution in [3.05, 3.63) is 53.6 Å². The molecule has 6 heteroatoms. The first-order valence-corrected chi connectivity index (χ1v) is 8.98. The SMILES string of the molecule is COc1ccccc1C1SCC(=O)N1Cc1cccc(OC)c1OC. The second-order valence-corrected chi connectivity index (χ2v) is 6.65. The third kappa shape index (κ3) is 3.39. The second-order valence-electron chi connectivity index (χ2n) is 5.58. The summed E-state index contributed by atoms with van der Waals surface area (Å²) in [5.41, 5.74) is 1.92. The van der Waals surface area contributed by atoms with E-state index < -0.39 is 0 Å². The number of hydrogen-bond acceptors (Lipinski definition) is 5. The summed E-state index contributed by atoms with van der Waals surface area (Å²) in [7, 11) is 4.87. The van der Waals surface area contributed by atoms with Crippen LogP contribution in [0.2, 0.25) is 0 Å². The molecule has 2 aromatic carbocycles. The monoisotopic (exact) mass is 359 g/mol. The Hall–Kier alpha value is -2.34. The Labute approximate surface area is 151 Å². The molecule has 25 heavy (non-hydrogen) atoms. The summed E-state index contributed by atoms with van der Waals surface area (Å²) in [6.07, 6.45) is 0. The highest BCUT2D eigenvalue weighted by Gasteiger charge is 2.35. The Morgan fingerprint density at radius 1 is 1.00 bits per heavy atom. The highest BCUT2D eigenvalue weighted by Crippen LogP contribution is 2.44. The van der Waals surface area contributed by atoms with E-state index in [9.17, 15) is 4.79 Å². The van der Waals surface area contributed by atoms with Gasteiger partial charge in [0.1, 0.15) is 11.1 Å². The predicted molar refractivity (Wildman–Crippen MR) is 98.3 cm³/mol. The normalized spacial score (nSPS) is 16.8. The average molecular weight is 359 g/mol. The molecule has 0 aromatic heterocycles. The molecule has 2 aromatic rings. The number of ether oxygens (including phenoxy) is 3. The number of para-hydroxylation sites is 2. The molecule has 0 saturated carbocycles. The number of carbonyl (C=O) groups is 1. The van der Waals surface area contributed by atoms with Crippen molar-refractivity contribution in [2.24, 2.45) is 0 Å². The minimum Gasteiger partial charge on any atom is -0.496 e. The summed E-state index contributed by atoms with van der Waals surface area (Å²) >= 11 is 1.61. The van der Waals surface area contributed by atoms with Crippen molar-refractivity contribution in [1.29, 1.82) is 0 Å². The van der Waals surface area contributed by atoms with Crippen LogP contribution in [0.5, 0.6) is 17.2 Å². The molecule has 0 aliphatic carbocycles. The predicted octanol–water partition coefficient (Wildman–Crippen LogP) is 3.49. The van der Waals surface area contributed by atoms with Gasteiger partial charge in [-0.25, -0.2) is 0 Å². The van der Waals surface area contributed by atoms with Crippen LogP contribution >= 0.6 is 11.8 Å². The number of benzene rings is 2. The molecule has 1 heterocycles. The molecule has 1 aliphatic heterocycles. The van der Waals surface area contributed by atoms with Crippen LogP contribution in [0.1, 0.15) is 16.5 Å². The van der Waals surface area contributed by atoms with Gasteiger partial charge in [-0.3, -0.25) is 4.79 Å². The van der Waals surface area contributed by atoms with E-state index in [1.165, 1.54) is 0 Å². The van der Waals surface area contributed by atoms with E-state index in [4.69, 9.17) is 14.2 Å². The van der Waals surface area contributed by atoms with Gasteiger partial charge in [-0.1, -0.05) is 30.3 Å². The Morgan fingerprint density at radius 2 is 1.72 bits per heavy atom. The molecule has 1 aliphatic rings. The Balaban J connectivity index is 1.94. The number of amides is 1. The highest BCUT2D eigenvalue weighted by molar-refractivity contribution is 8.00. The van der Waals surface area contributed by atoms with Crippen LogP contribution < -0.4 is 14.2 Å². The minimum absolute atomic E-state index is 0.0837. The van der Waals surface area contributed by atoms with Crippen LogP contribution in [0, 0.1) is 0 Å². The van der Waals surface area contributed by atoms with Gasteiger partial charge in [-0.2, -0.15) is 0 Å². The molecule has 0 spiro atoms. The smallest absolute Gasteiger partial charge is 0.234 e. The number of nitrogens with zero attached hydrogens (tertiary/aromatic N) is 1. The van der Waals surface area contributed by atoms with Gasteiger partial charge < -0.3 is 19.1 Å². The van der Waals surface area contributed by atoms with Crippen LogP contribution in [0.15, 0.2) is 42.5 Å². The number of methoxy groups -OCH3 is 3. The average Bonchev–Trinajstić information content (AvgIpc) is 3.01. The van der Waals surface area contributed by atoms with Gasteiger partial charge in [0.2, 0.25) is 5.91 Å². The van der Waals surface area contributed by atoms with E-state index in [1.807, 2.05) is 47.4 Å². The third-order valence-electron chi connectivity index (χ3n) is 4.20. The topological polar surface area (TPSA) is 48.0 Å². The first-order valence-electron chi connectivity index (χ1n) is 7.93. The van der Waals surface area contributed by atoms with Gasteiger partial charge in [-0.15, -0.1) is 11.8 Å². The molecule has 3 rings (SSSR count). The summed E-state index contributed by atoms with van der Waals surface area (Å²) in [6, 6.07) is 13.5. The lowest BCUT2D eigenvalue weighted by Gasteiger charge is -2.26. The molecule has 1 atom stereocenters. The Morgan fingerprint density at radius 3 is 2.44 bits per heavy atom.